The van der Waals surface area contributed by atoms with E-state index < -0.39 is 5.97 Å². The number of carbonyl (C=O) groups excluding carboxylic acids is 1. The van der Waals surface area contributed by atoms with Crippen LogP contribution in [0.3, 0.4) is 0 Å². The molecule has 0 aromatic heterocycles. The smallest absolute Gasteiger partial charge is 0.328 e. The molecule has 1 heterocycles. The van der Waals surface area contributed by atoms with E-state index in [0.29, 0.717) is 16.3 Å². The number of carbonyl (C=O) groups is 2. The van der Waals surface area contributed by atoms with E-state index in [-0.39, 0.29) is 18.0 Å². The number of carboxylic acids is 1. The normalized spacial score (nSPS) is 16.8. The molecule has 0 amide bonds. The Bertz CT molecular complexity index is 505. The number of rotatable bonds is 1. The van der Waals surface area contributed by atoms with Gasteiger partial charge in [-0.15, -0.1) is 0 Å². The van der Waals surface area contributed by atoms with E-state index >= 15 is 0 Å². The maximum Gasteiger partial charge on any atom is 0.328 e. The molecule has 1 aliphatic heterocycles. The lowest BCUT2D eigenvalue weighted by Crippen LogP contribution is -2.20. The lowest BCUT2D eigenvalue weighted by atomic mass is 10.0. The van der Waals surface area contributed by atoms with Gasteiger partial charge >= 0.3 is 5.97 Å². The van der Waals surface area contributed by atoms with Crippen molar-refractivity contribution in [2.45, 2.75) is 0 Å². The first-order valence-corrected chi connectivity index (χ1v) is 4.86. The number of hydrogen-bond donors (Lipinski definition) is 1. The summed E-state index contributed by atoms with van der Waals surface area (Å²) >= 11 is 5.75. The predicted molar refractivity (Wildman–Crippen MR) is 57.0 cm³/mol. The number of Topliss-reactive ketones (excluding diaryl/α,β-unsaturated/α-hetero) is 1. The summed E-state index contributed by atoms with van der Waals surface area (Å²) in [6.45, 7) is -0.0432. The van der Waals surface area contributed by atoms with Crippen LogP contribution < -0.4 is 4.74 Å². The van der Waals surface area contributed by atoms with Gasteiger partial charge in [-0.3, -0.25) is 4.79 Å². The highest BCUT2D eigenvalue weighted by molar-refractivity contribution is 6.31. The van der Waals surface area contributed by atoms with Crippen molar-refractivity contribution in [2.75, 3.05) is 6.61 Å². The number of ketones is 1. The summed E-state index contributed by atoms with van der Waals surface area (Å²) < 4.78 is 5.25. The lowest BCUT2D eigenvalue weighted by Gasteiger charge is -2.18. The fraction of sp³-hybridized carbons (Fsp3) is 0.0909. The van der Waals surface area contributed by atoms with Crippen LogP contribution in [-0.4, -0.2) is 23.5 Å². The van der Waals surface area contributed by atoms with Crippen LogP contribution in [0.15, 0.2) is 29.8 Å². The Hall–Kier alpha value is -1.81. The zero-order valence-corrected chi connectivity index (χ0v) is 8.82. The number of ether oxygens (including phenoxy) is 1. The maximum atomic E-state index is 11.8. The molecular formula is C11H7ClO4. The van der Waals surface area contributed by atoms with Crippen LogP contribution in [-0.2, 0) is 4.79 Å². The van der Waals surface area contributed by atoms with E-state index in [2.05, 4.69) is 0 Å². The summed E-state index contributed by atoms with van der Waals surface area (Å²) in [5, 5.41) is 9.04. The third-order valence-corrected chi connectivity index (χ3v) is 2.40. The molecule has 0 saturated carbocycles. The largest absolute Gasteiger partial charge is 0.488 e. The van der Waals surface area contributed by atoms with Crippen LogP contribution in [0, 0.1) is 0 Å². The molecule has 1 aliphatic rings. The van der Waals surface area contributed by atoms with Crippen LogP contribution in [0.25, 0.3) is 0 Å². The molecule has 4 nitrogen and oxygen atoms in total. The Labute approximate surface area is 96.1 Å². The van der Waals surface area contributed by atoms with E-state index in [9.17, 15) is 9.59 Å². The zero-order valence-electron chi connectivity index (χ0n) is 8.07. The van der Waals surface area contributed by atoms with Crippen LogP contribution in [0.1, 0.15) is 10.4 Å². The minimum absolute atomic E-state index is 0.0432. The van der Waals surface area contributed by atoms with Crippen LogP contribution in [0.2, 0.25) is 5.02 Å². The summed E-state index contributed by atoms with van der Waals surface area (Å²) in [5.41, 5.74) is 0.463. The SMILES string of the molecule is O=C(O)C=C1COc2cc(Cl)ccc2C1=O. The molecule has 0 unspecified atom stereocenters. The second-order valence-electron chi connectivity index (χ2n) is 3.27. The van der Waals surface area contributed by atoms with Crippen LogP contribution in [0.4, 0.5) is 0 Å². The van der Waals surface area contributed by atoms with Crippen LogP contribution >= 0.6 is 11.6 Å². The molecule has 1 aromatic carbocycles. The third-order valence-electron chi connectivity index (χ3n) is 2.16. The molecule has 0 saturated heterocycles. The molecule has 0 aliphatic carbocycles. The lowest BCUT2D eigenvalue weighted by molar-refractivity contribution is -0.131. The number of aliphatic carboxylic acids is 1. The summed E-state index contributed by atoms with van der Waals surface area (Å²) in [7, 11) is 0. The van der Waals surface area contributed by atoms with Crippen molar-refractivity contribution in [1.82, 2.24) is 0 Å². The number of halogens is 1. The van der Waals surface area contributed by atoms with Gasteiger partial charge in [0.15, 0.2) is 5.78 Å². The highest BCUT2D eigenvalue weighted by atomic mass is 35.5. The summed E-state index contributed by atoms with van der Waals surface area (Å²) in [5.74, 6) is -1.11. The second-order valence-corrected chi connectivity index (χ2v) is 3.70. The van der Waals surface area contributed by atoms with E-state index in [1.807, 2.05) is 0 Å². The first kappa shape index (κ1) is 10.7. The topological polar surface area (TPSA) is 63.6 Å². The fourth-order valence-corrected chi connectivity index (χ4v) is 1.62. The third kappa shape index (κ3) is 1.92. The van der Waals surface area contributed by atoms with Gasteiger partial charge in [0, 0.05) is 16.7 Å². The van der Waals surface area contributed by atoms with Gasteiger partial charge in [-0.1, -0.05) is 11.6 Å². The van der Waals surface area contributed by atoms with Crippen molar-refractivity contribution in [2.24, 2.45) is 0 Å². The van der Waals surface area contributed by atoms with Crippen molar-refractivity contribution in [1.29, 1.82) is 0 Å². The fourth-order valence-electron chi connectivity index (χ4n) is 1.45. The van der Waals surface area contributed by atoms with Gasteiger partial charge < -0.3 is 9.84 Å². The Morgan fingerprint density at radius 2 is 2.25 bits per heavy atom. The number of carboxylic acid groups (broad SMARTS) is 1. The van der Waals surface area contributed by atoms with Gasteiger partial charge in [0.2, 0.25) is 0 Å². The van der Waals surface area contributed by atoms with Crippen molar-refractivity contribution in [3.63, 3.8) is 0 Å². The average molecular weight is 239 g/mol. The molecule has 2 rings (SSSR count). The van der Waals surface area contributed by atoms with Gasteiger partial charge in [0.25, 0.3) is 0 Å². The Kier molecular flexibility index (Phi) is 2.66. The molecule has 5 heteroatoms. The van der Waals surface area contributed by atoms with Crippen molar-refractivity contribution in [3.05, 3.63) is 40.4 Å². The van der Waals surface area contributed by atoms with Gasteiger partial charge in [0.1, 0.15) is 12.4 Å². The first-order chi connectivity index (χ1) is 7.58. The Morgan fingerprint density at radius 1 is 1.50 bits per heavy atom. The monoisotopic (exact) mass is 238 g/mol. The summed E-state index contributed by atoms with van der Waals surface area (Å²) in [6.07, 6.45) is 0.861. The number of benzene rings is 1. The van der Waals surface area contributed by atoms with Crippen molar-refractivity contribution < 1.29 is 19.4 Å². The Morgan fingerprint density at radius 3 is 2.94 bits per heavy atom. The highest BCUT2D eigenvalue weighted by Gasteiger charge is 2.23. The molecule has 0 atom stereocenters. The van der Waals surface area contributed by atoms with E-state index in [4.69, 9.17) is 21.4 Å². The summed E-state index contributed by atoms with van der Waals surface area (Å²) in [4.78, 5) is 22.3. The van der Waals surface area contributed by atoms with Gasteiger partial charge in [-0.05, 0) is 18.2 Å². The van der Waals surface area contributed by atoms with E-state index in [0.717, 1.165) is 6.08 Å². The molecule has 82 valence electrons. The van der Waals surface area contributed by atoms with Crippen molar-refractivity contribution >= 4 is 23.4 Å². The maximum absolute atomic E-state index is 11.8. The van der Waals surface area contributed by atoms with Crippen molar-refractivity contribution in [3.8, 4) is 5.75 Å². The van der Waals surface area contributed by atoms with E-state index in [1.54, 1.807) is 6.07 Å². The van der Waals surface area contributed by atoms with Crippen LogP contribution in [0.5, 0.6) is 5.75 Å². The second kappa shape index (κ2) is 3.98. The first-order valence-electron chi connectivity index (χ1n) is 4.48. The molecule has 0 radical (unpaired) electrons. The molecule has 1 aromatic rings. The standard InChI is InChI=1S/C11H7ClO4/c12-7-1-2-8-9(4-7)16-5-6(11(8)15)3-10(13)14/h1-4H,5H2,(H,13,14). The average Bonchev–Trinajstić information content (AvgIpc) is 2.22. The molecule has 0 bridgehead atoms. The molecule has 0 spiro atoms. The predicted octanol–water partition coefficient (Wildman–Crippen LogP) is 1.93. The minimum atomic E-state index is -1.16. The molecule has 1 N–H and O–H groups in total. The number of hydrogen-bond acceptors (Lipinski definition) is 3. The summed E-state index contributed by atoms with van der Waals surface area (Å²) in [6, 6.07) is 4.62. The molecular weight excluding hydrogens is 232 g/mol. The van der Waals surface area contributed by atoms with Gasteiger partial charge in [-0.2, -0.15) is 0 Å². The minimum Gasteiger partial charge on any atom is -0.488 e. The molecule has 16 heavy (non-hydrogen) atoms. The zero-order chi connectivity index (χ0) is 11.7. The van der Waals surface area contributed by atoms with Gasteiger partial charge in [0.05, 0.1) is 5.56 Å². The highest BCUT2D eigenvalue weighted by Crippen LogP contribution is 2.29. The van der Waals surface area contributed by atoms with E-state index in [1.165, 1.54) is 12.1 Å². The number of fused-ring (bicyclic) bond motifs is 1. The molecule has 0 fully saturated rings. The Balaban J connectivity index is 2.44. The van der Waals surface area contributed by atoms with Gasteiger partial charge in [-0.25, -0.2) is 4.79 Å². The quantitative estimate of drug-likeness (QED) is 0.760.